The summed E-state index contributed by atoms with van der Waals surface area (Å²) < 4.78 is 0. The second-order valence-electron chi connectivity index (χ2n) is 6.74. The first-order chi connectivity index (χ1) is 8.55. The lowest BCUT2D eigenvalue weighted by atomic mass is 9.86. The van der Waals surface area contributed by atoms with Crippen LogP contribution in [0.15, 0.2) is 24.4 Å². The van der Waals surface area contributed by atoms with Gasteiger partial charge in [0.2, 0.25) is 0 Å². The number of aromatic amines is 1. The van der Waals surface area contributed by atoms with Crippen molar-refractivity contribution in [1.29, 1.82) is 0 Å². The van der Waals surface area contributed by atoms with E-state index in [0.29, 0.717) is 0 Å². The van der Waals surface area contributed by atoms with Crippen LogP contribution in [0, 0.1) is 0 Å². The molecule has 1 nitrogen and oxygen atoms in total. The Morgan fingerprint density at radius 2 is 1.83 bits per heavy atom. The van der Waals surface area contributed by atoms with Crippen molar-refractivity contribution < 1.29 is 0 Å². The first-order valence-corrected chi connectivity index (χ1v) is 7.17. The van der Waals surface area contributed by atoms with Gasteiger partial charge in [0.05, 0.1) is 0 Å². The summed E-state index contributed by atoms with van der Waals surface area (Å²) in [6, 6.07) is 6.95. The lowest BCUT2D eigenvalue weighted by molar-refractivity contribution is 0.591. The summed E-state index contributed by atoms with van der Waals surface area (Å²) >= 11 is 0. The molecule has 1 N–H and O–H groups in total. The Hall–Kier alpha value is -1.24. The van der Waals surface area contributed by atoms with Gasteiger partial charge in [-0.15, -0.1) is 0 Å². The van der Waals surface area contributed by atoms with Gasteiger partial charge in [-0.2, -0.15) is 0 Å². The maximum absolute atomic E-state index is 3.48. The molecule has 0 aliphatic heterocycles. The SMILES string of the molecule is CC(C)(C)c1ccc2c(C3CCCC3)c[nH]c2c1. The van der Waals surface area contributed by atoms with Crippen LogP contribution in [0.3, 0.4) is 0 Å². The number of H-pyrrole nitrogens is 1. The molecule has 0 atom stereocenters. The monoisotopic (exact) mass is 241 g/mol. The Morgan fingerprint density at radius 1 is 1.11 bits per heavy atom. The van der Waals surface area contributed by atoms with Gasteiger partial charge >= 0.3 is 0 Å². The highest BCUT2D eigenvalue weighted by molar-refractivity contribution is 5.84. The third-order valence-electron chi connectivity index (χ3n) is 4.37. The smallest absolute Gasteiger partial charge is 0.0459 e. The summed E-state index contributed by atoms with van der Waals surface area (Å²) in [5, 5.41) is 1.44. The van der Waals surface area contributed by atoms with Crippen LogP contribution >= 0.6 is 0 Å². The maximum Gasteiger partial charge on any atom is 0.0459 e. The summed E-state index contributed by atoms with van der Waals surface area (Å²) in [5.74, 6) is 0.791. The zero-order chi connectivity index (χ0) is 12.8. The molecule has 96 valence electrons. The minimum atomic E-state index is 0.229. The van der Waals surface area contributed by atoms with E-state index in [9.17, 15) is 0 Å². The van der Waals surface area contributed by atoms with E-state index in [4.69, 9.17) is 0 Å². The first kappa shape index (κ1) is 11.8. The molecule has 0 saturated heterocycles. The minimum Gasteiger partial charge on any atom is -0.361 e. The normalized spacial score (nSPS) is 17.7. The molecule has 0 spiro atoms. The van der Waals surface area contributed by atoms with Gasteiger partial charge in [-0.25, -0.2) is 0 Å². The number of hydrogen-bond donors (Lipinski definition) is 1. The molecule has 1 saturated carbocycles. The number of benzene rings is 1. The van der Waals surface area contributed by atoms with E-state index in [0.717, 1.165) is 5.92 Å². The molecule has 1 aliphatic rings. The highest BCUT2D eigenvalue weighted by atomic mass is 14.7. The minimum absolute atomic E-state index is 0.229. The average Bonchev–Trinajstić information content (AvgIpc) is 2.95. The third-order valence-corrected chi connectivity index (χ3v) is 4.37. The van der Waals surface area contributed by atoms with Crippen LogP contribution in [-0.4, -0.2) is 4.98 Å². The highest BCUT2D eigenvalue weighted by Gasteiger charge is 2.21. The van der Waals surface area contributed by atoms with E-state index in [1.165, 1.54) is 42.1 Å². The van der Waals surface area contributed by atoms with Gasteiger partial charge in [-0.3, -0.25) is 0 Å². The Labute approximate surface area is 110 Å². The zero-order valence-electron chi connectivity index (χ0n) is 11.7. The third kappa shape index (κ3) is 1.96. The van der Waals surface area contributed by atoms with Gasteiger partial charge in [-0.1, -0.05) is 45.7 Å². The Kier molecular flexibility index (Phi) is 2.73. The predicted molar refractivity (Wildman–Crippen MR) is 78.2 cm³/mol. The fourth-order valence-electron chi connectivity index (χ4n) is 3.19. The molecule has 0 unspecified atom stereocenters. The number of hydrogen-bond acceptors (Lipinski definition) is 0. The summed E-state index contributed by atoms with van der Waals surface area (Å²) in [7, 11) is 0. The molecular formula is C17H23N. The number of fused-ring (bicyclic) bond motifs is 1. The molecule has 2 aromatic rings. The molecule has 18 heavy (non-hydrogen) atoms. The van der Waals surface area contributed by atoms with E-state index < -0.39 is 0 Å². The fraction of sp³-hybridized carbons (Fsp3) is 0.529. The number of nitrogens with one attached hydrogen (secondary N) is 1. The van der Waals surface area contributed by atoms with Crippen molar-refractivity contribution in [1.82, 2.24) is 4.98 Å². The van der Waals surface area contributed by atoms with Crippen LogP contribution in [0.5, 0.6) is 0 Å². The first-order valence-electron chi connectivity index (χ1n) is 7.17. The molecule has 1 aromatic heterocycles. The van der Waals surface area contributed by atoms with E-state index in [1.807, 2.05) is 0 Å². The van der Waals surface area contributed by atoms with Crippen molar-refractivity contribution in [3.63, 3.8) is 0 Å². The molecular weight excluding hydrogens is 218 g/mol. The van der Waals surface area contributed by atoms with Crippen LogP contribution in [0.1, 0.15) is 63.5 Å². The molecule has 0 bridgehead atoms. The predicted octanol–water partition coefficient (Wildman–Crippen LogP) is 5.12. The average molecular weight is 241 g/mol. The van der Waals surface area contributed by atoms with Crippen molar-refractivity contribution in [3.8, 4) is 0 Å². The lowest BCUT2D eigenvalue weighted by Crippen LogP contribution is -2.10. The van der Waals surface area contributed by atoms with Crippen LogP contribution in [-0.2, 0) is 5.41 Å². The second kappa shape index (κ2) is 4.15. The molecule has 0 amide bonds. The highest BCUT2D eigenvalue weighted by Crippen LogP contribution is 2.38. The molecule has 0 radical (unpaired) electrons. The molecule has 3 rings (SSSR count). The summed E-state index contributed by atoms with van der Waals surface area (Å²) in [4.78, 5) is 3.48. The second-order valence-corrected chi connectivity index (χ2v) is 6.74. The van der Waals surface area contributed by atoms with Gasteiger partial charge in [-0.05, 0) is 41.4 Å². The Bertz CT molecular complexity index is 550. The van der Waals surface area contributed by atoms with Crippen molar-refractivity contribution >= 4 is 10.9 Å². The fourth-order valence-corrected chi connectivity index (χ4v) is 3.19. The van der Waals surface area contributed by atoms with Crippen molar-refractivity contribution in [2.75, 3.05) is 0 Å². The summed E-state index contributed by atoms with van der Waals surface area (Å²) in [6.45, 7) is 6.82. The topological polar surface area (TPSA) is 15.8 Å². The molecule has 1 fully saturated rings. The van der Waals surface area contributed by atoms with Gasteiger partial charge in [0.1, 0.15) is 0 Å². The van der Waals surface area contributed by atoms with E-state index in [-0.39, 0.29) is 5.41 Å². The Balaban J connectivity index is 2.05. The molecule has 1 aliphatic carbocycles. The van der Waals surface area contributed by atoms with Crippen molar-refractivity contribution in [2.24, 2.45) is 0 Å². The lowest BCUT2D eigenvalue weighted by Gasteiger charge is -2.19. The van der Waals surface area contributed by atoms with Crippen molar-refractivity contribution in [2.45, 2.75) is 57.8 Å². The largest absolute Gasteiger partial charge is 0.361 e. The molecule has 1 heterocycles. The zero-order valence-corrected chi connectivity index (χ0v) is 11.7. The Morgan fingerprint density at radius 3 is 2.50 bits per heavy atom. The van der Waals surface area contributed by atoms with E-state index in [1.54, 1.807) is 5.56 Å². The van der Waals surface area contributed by atoms with Crippen LogP contribution in [0.2, 0.25) is 0 Å². The number of rotatable bonds is 1. The summed E-state index contributed by atoms with van der Waals surface area (Å²) in [5.41, 5.74) is 4.49. The van der Waals surface area contributed by atoms with Gasteiger partial charge in [0, 0.05) is 17.1 Å². The standard InChI is InChI=1S/C17H23N/c1-17(2,3)13-8-9-14-15(11-18-16(14)10-13)12-6-4-5-7-12/h8-12,18H,4-7H2,1-3H3. The van der Waals surface area contributed by atoms with E-state index in [2.05, 4.69) is 50.2 Å². The number of aromatic nitrogens is 1. The van der Waals surface area contributed by atoms with Crippen LogP contribution in [0.4, 0.5) is 0 Å². The van der Waals surface area contributed by atoms with Crippen LogP contribution < -0.4 is 0 Å². The summed E-state index contributed by atoms with van der Waals surface area (Å²) in [6.07, 6.45) is 7.78. The van der Waals surface area contributed by atoms with Crippen LogP contribution in [0.25, 0.3) is 10.9 Å². The molecule has 1 aromatic carbocycles. The van der Waals surface area contributed by atoms with Crippen molar-refractivity contribution in [3.05, 3.63) is 35.5 Å². The molecule has 1 heteroatoms. The van der Waals surface area contributed by atoms with Gasteiger partial charge < -0.3 is 4.98 Å². The van der Waals surface area contributed by atoms with Gasteiger partial charge in [0.15, 0.2) is 0 Å². The van der Waals surface area contributed by atoms with E-state index >= 15 is 0 Å². The van der Waals surface area contributed by atoms with Gasteiger partial charge in [0.25, 0.3) is 0 Å². The maximum atomic E-state index is 3.48. The quantitative estimate of drug-likeness (QED) is 0.713.